The summed E-state index contributed by atoms with van der Waals surface area (Å²) in [5.74, 6) is 0.617. The van der Waals surface area contributed by atoms with Gasteiger partial charge in [-0.05, 0) is 63.9 Å². The highest BCUT2D eigenvalue weighted by atomic mass is 32.2. The van der Waals surface area contributed by atoms with E-state index in [0.29, 0.717) is 23.1 Å². The van der Waals surface area contributed by atoms with Gasteiger partial charge in [0.05, 0.1) is 11.8 Å². The van der Waals surface area contributed by atoms with Crippen LogP contribution in [-0.2, 0) is 11.3 Å². The van der Waals surface area contributed by atoms with E-state index in [0.717, 1.165) is 22.4 Å². The van der Waals surface area contributed by atoms with Crippen molar-refractivity contribution < 1.29 is 9.59 Å². The van der Waals surface area contributed by atoms with Crippen LogP contribution in [0.5, 0.6) is 0 Å². The molecule has 3 aromatic rings. The van der Waals surface area contributed by atoms with Crippen molar-refractivity contribution >= 4 is 29.3 Å². The van der Waals surface area contributed by atoms with Crippen molar-refractivity contribution in [3.63, 3.8) is 0 Å². The van der Waals surface area contributed by atoms with Crippen LogP contribution in [0.1, 0.15) is 52.8 Å². The molecule has 2 amide bonds. The zero-order valence-corrected chi connectivity index (χ0v) is 19.9. The van der Waals surface area contributed by atoms with Crippen LogP contribution in [0.15, 0.2) is 47.6 Å². The molecule has 0 aliphatic carbocycles. The molecule has 0 bridgehead atoms. The van der Waals surface area contributed by atoms with Gasteiger partial charge in [-0.2, -0.15) is 0 Å². The van der Waals surface area contributed by atoms with Gasteiger partial charge in [-0.3, -0.25) is 9.59 Å². The van der Waals surface area contributed by atoms with Gasteiger partial charge in [0, 0.05) is 17.8 Å². The van der Waals surface area contributed by atoms with Gasteiger partial charge >= 0.3 is 0 Å². The van der Waals surface area contributed by atoms with Crippen LogP contribution in [0, 0.1) is 20.8 Å². The molecule has 0 spiro atoms. The number of thioether (sulfide) groups is 1. The average Bonchev–Trinajstić information content (AvgIpc) is 3.18. The first-order valence-electron chi connectivity index (χ1n) is 10.6. The van der Waals surface area contributed by atoms with Crippen LogP contribution in [0.4, 0.5) is 5.69 Å². The Hall–Kier alpha value is -3.13. The molecule has 1 aromatic heterocycles. The molecule has 0 aliphatic heterocycles. The summed E-state index contributed by atoms with van der Waals surface area (Å²) in [4.78, 5) is 25.1. The van der Waals surface area contributed by atoms with Gasteiger partial charge in [0.2, 0.25) is 5.91 Å². The van der Waals surface area contributed by atoms with E-state index in [1.807, 2.05) is 75.6 Å². The van der Waals surface area contributed by atoms with E-state index in [-0.39, 0.29) is 23.6 Å². The summed E-state index contributed by atoms with van der Waals surface area (Å²) in [7, 11) is 0. The van der Waals surface area contributed by atoms with Crippen molar-refractivity contribution in [2.75, 3.05) is 11.1 Å². The molecule has 0 fully saturated rings. The highest BCUT2D eigenvalue weighted by molar-refractivity contribution is 7.99. The number of nitrogens with zero attached hydrogens (tertiary/aromatic N) is 3. The average molecular weight is 452 g/mol. The summed E-state index contributed by atoms with van der Waals surface area (Å²) in [5, 5.41) is 15.1. The molecule has 2 N–H and O–H groups in total. The quantitative estimate of drug-likeness (QED) is 0.494. The van der Waals surface area contributed by atoms with E-state index in [1.54, 1.807) is 6.07 Å². The molecule has 1 heterocycles. The molecule has 0 unspecified atom stereocenters. The fraction of sp³-hybridized carbons (Fsp3) is 0.333. The number of carbonyl (C=O) groups excluding carboxylic acids is 2. The lowest BCUT2D eigenvalue weighted by atomic mass is 10.1. The fourth-order valence-electron chi connectivity index (χ4n) is 3.36. The fourth-order valence-corrected chi connectivity index (χ4v) is 4.17. The van der Waals surface area contributed by atoms with Crippen LogP contribution in [0.3, 0.4) is 0 Å². The maximum absolute atomic E-state index is 12.6. The Morgan fingerprint density at radius 3 is 2.56 bits per heavy atom. The van der Waals surface area contributed by atoms with Gasteiger partial charge in [0.1, 0.15) is 0 Å². The van der Waals surface area contributed by atoms with Gasteiger partial charge in [-0.15, -0.1) is 10.2 Å². The second-order valence-electron chi connectivity index (χ2n) is 7.73. The maximum Gasteiger partial charge on any atom is 0.251 e. The summed E-state index contributed by atoms with van der Waals surface area (Å²) in [6, 6.07) is 13.0. The van der Waals surface area contributed by atoms with Crippen LogP contribution >= 0.6 is 11.8 Å². The summed E-state index contributed by atoms with van der Waals surface area (Å²) >= 11 is 1.33. The molecule has 0 saturated heterocycles. The Morgan fingerprint density at radius 2 is 1.84 bits per heavy atom. The molecule has 32 heavy (non-hydrogen) atoms. The third-order valence-corrected chi connectivity index (χ3v) is 6.25. The molecule has 0 radical (unpaired) electrons. The van der Waals surface area contributed by atoms with Gasteiger partial charge in [0.15, 0.2) is 11.0 Å². The predicted molar refractivity (Wildman–Crippen MR) is 128 cm³/mol. The highest BCUT2D eigenvalue weighted by Crippen LogP contribution is 2.22. The third kappa shape index (κ3) is 5.56. The van der Waals surface area contributed by atoms with Gasteiger partial charge in [-0.1, -0.05) is 41.6 Å². The molecule has 3 rings (SSSR count). The standard InChI is InChI=1S/C24H29N5O2S/c1-6-29-22(18(5)25-23(31)19-11-7-9-15(2)13-19)27-28-24(29)32-14-21(30)26-20-12-8-10-16(3)17(20)4/h7-13,18H,6,14H2,1-5H3,(H,25,31)(H,26,30)/t18-/m1/s1. The molecule has 0 saturated carbocycles. The number of carbonyl (C=O) groups is 2. The normalized spacial score (nSPS) is 11.8. The number of aryl methyl sites for hydroxylation is 2. The highest BCUT2D eigenvalue weighted by Gasteiger charge is 2.20. The van der Waals surface area contributed by atoms with Gasteiger partial charge in [-0.25, -0.2) is 0 Å². The number of aromatic nitrogens is 3. The number of benzene rings is 2. The molecular formula is C24H29N5O2S. The Bertz CT molecular complexity index is 1130. The van der Waals surface area contributed by atoms with Crippen LogP contribution in [-0.4, -0.2) is 32.3 Å². The van der Waals surface area contributed by atoms with Gasteiger partial charge < -0.3 is 15.2 Å². The zero-order chi connectivity index (χ0) is 23.3. The monoisotopic (exact) mass is 451 g/mol. The first kappa shape index (κ1) is 23.5. The number of nitrogens with one attached hydrogen (secondary N) is 2. The smallest absolute Gasteiger partial charge is 0.251 e. The molecular weight excluding hydrogens is 422 g/mol. The van der Waals surface area contributed by atoms with E-state index in [2.05, 4.69) is 20.8 Å². The van der Waals surface area contributed by atoms with Crippen LogP contribution < -0.4 is 10.6 Å². The number of hydrogen-bond donors (Lipinski definition) is 2. The SMILES string of the molecule is CCn1c(SCC(=O)Nc2cccc(C)c2C)nnc1[C@@H](C)NC(=O)c1cccc(C)c1. The minimum Gasteiger partial charge on any atom is -0.342 e. The minimum absolute atomic E-state index is 0.100. The Labute approximate surface area is 193 Å². The van der Waals surface area contributed by atoms with E-state index in [9.17, 15) is 9.59 Å². The summed E-state index contributed by atoms with van der Waals surface area (Å²) in [6.45, 7) is 10.5. The van der Waals surface area contributed by atoms with Crippen molar-refractivity contribution in [1.29, 1.82) is 0 Å². The first-order valence-corrected chi connectivity index (χ1v) is 11.6. The lowest BCUT2D eigenvalue weighted by Crippen LogP contribution is -2.28. The predicted octanol–water partition coefficient (Wildman–Crippen LogP) is 4.45. The van der Waals surface area contributed by atoms with Crippen molar-refractivity contribution in [3.05, 3.63) is 70.5 Å². The summed E-state index contributed by atoms with van der Waals surface area (Å²) < 4.78 is 1.93. The molecule has 168 valence electrons. The van der Waals surface area contributed by atoms with Crippen molar-refractivity contribution in [3.8, 4) is 0 Å². The second-order valence-corrected chi connectivity index (χ2v) is 8.68. The molecule has 0 aliphatic rings. The molecule has 8 heteroatoms. The van der Waals surface area contributed by atoms with Crippen LogP contribution in [0.25, 0.3) is 0 Å². The Morgan fingerprint density at radius 1 is 1.09 bits per heavy atom. The number of amides is 2. The van der Waals surface area contributed by atoms with Crippen LogP contribution in [0.2, 0.25) is 0 Å². The van der Waals surface area contributed by atoms with Crippen molar-refractivity contribution in [1.82, 2.24) is 20.1 Å². The van der Waals surface area contributed by atoms with E-state index < -0.39 is 0 Å². The lowest BCUT2D eigenvalue weighted by Gasteiger charge is -2.15. The molecule has 7 nitrogen and oxygen atoms in total. The Kier molecular flexibility index (Phi) is 7.69. The van der Waals surface area contributed by atoms with Gasteiger partial charge in [0.25, 0.3) is 5.91 Å². The Balaban J connectivity index is 1.64. The maximum atomic E-state index is 12.6. The van der Waals surface area contributed by atoms with E-state index >= 15 is 0 Å². The van der Waals surface area contributed by atoms with E-state index in [4.69, 9.17) is 0 Å². The molecule has 1 atom stereocenters. The minimum atomic E-state index is -0.325. The lowest BCUT2D eigenvalue weighted by molar-refractivity contribution is -0.113. The molecule has 2 aromatic carbocycles. The topological polar surface area (TPSA) is 88.9 Å². The number of hydrogen-bond acceptors (Lipinski definition) is 5. The number of rotatable bonds is 8. The zero-order valence-electron chi connectivity index (χ0n) is 19.1. The largest absolute Gasteiger partial charge is 0.342 e. The van der Waals surface area contributed by atoms with E-state index in [1.165, 1.54) is 11.8 Å². The summed E-state index contributed by atoms with van der Waals surface area (Å²) in [5.41, 5.74) is 4.65. The second kappa shape index (κ2) is 10.5. The summed E-state index contributed by atoms with van der Waals surface area (Å²) in [6.07, 6.45) is 0. The third-order valence-electron chi connectivity index (χ3n) is 5.29. The first-order chi connectivity index (χ1) is 15.3. The van der Waals surface area contributed by atoms with Crippen molar-refractivity contribution in [2.45, 2.75) is 52.4 Å². The van der Waals surface area contributed by atoms with Crippen molar-refractivity contribution in [2.24, 2.45) is 0 Å². The number of anilines is 1.